The van der Waals surface area contributed by atoms with Crippen molar-refractivity contribution in [3.63, 3.8) is 0 Å². The monoisotopic (exact) mass is 518 g/mol. The Morgan fingerprint density at radius 1 is 0.757 bits per heavy atom. The van der Waals surface area contributed by atoms with Crippen LogP contribution in [0.15, 0.2) is 42.5 Å². The summed E-state index contributed by atoms with van der Waals surface area (Å²) < 4.78 is 65.9. The van der Waals surface area contributed by atoms with Crippen LogP contribution in [0.2, 0.25) is 0 Å². The maximum absolute atomic E-state index is 14.4. The summed E-state index contributed by atoms with van der Waals surface area (Å²) in [6, 6.07) is 9.99. The van der Waals surface area contributed by atoms with Crippen molar-refractivity contribution in [3.05, 3.63) is 65.2 Å². The van der Waals surface area contributed by atoms with Crippen molar-refractivity contribution >= 4 is 6.08 Å². The topological polar surface area (TPSA) is 0 Å². The molecule has 2 aromatic carbocycles. The van der Waals surface area contributed by atoms with Crippen molar-refractivity contribution in [2.45, 2.75) is 96.1 Å². The lowest BCUT2D eigenvalue weighted by atomic mass is 9.68. The number of hydrogen-bond acceptors (Lipinski definition) is 0. The molecule has 0 nitrogen and oxygen atoms in total. The highest BCUT2D eigenvalue weighted by atomic mass is 19.4. The van der Waals surface area contributed by atoms with Crippen LogP contribution in [0.1, 0.15) is 101 Å². The van der Waals surface area contributed by atoms with Gasteiger partial charge in [0.05, 0.1) is 0 Å². The largest absolute Gasteiger partial charge is 0.409 e. The van der Waals surface area contributed by atoms with Gasteiger partial charge in [-0.25, -0.2) is 8.78 Å². The molecule has 0 radical (unpaired) electrons. The molecule has 0 unspecified atom stereocenters. The zero-order valence-corrected chi connectivity index (χ0v) is 21.8. The van der Waals surface area contributed by atoms with Gasteiger partial charge in [-0.3, -0.25) is 0 Å². The number of allylic oxidation sites excluding steroid dienone is 1. The molecular formula is C32H39F5. The van der Waals surface area contributed by atoms with Crippen LogP contribution < -0.4 is 0 Å². The van der Waals surface area contributed by atoms with Crippen molar-refractivity contribution < 1.29 is 22.0 Å². The Morgan fingerprint density at radius 2 is 1.32 bits per heavy atom. The molecule has 2 aromatic rings. The SMILES string of the molecule is CCCCCC1CCC(C2CCC(c3ccc(-c4cc(F)c(/C=C/C(F)(F)F)c(F)c4)cc3)CC2)CC1. The molecule has 4 rings (SSSR count). The second-order valence-corrected chi connectivity index (χ2v) is 11.2. The van der Waals surface area contributed by atoms with Gasteiger partial charge in [-0.2, -0.15) is 13.2 Å². The van der Waals surface area contributed by atoms with Crippen LogP contribution in [0, 0.1) is 29.4 Å². The zero-order valence-electron chi connectivity index (χ0n) is 21.8. The van der Waals surface area contributed by atoms with E-state index < -0.39 is 23.4 Å². The van der Waals surface area contributed by atoms with E-state index in [1.165, 1.54) is 82.6 Å². The highest BCUT2D eigenvalue weighted by Gasteiger charge is 2.31. The quantitative estimate of drug-likeness (QED) is 0.241. The predicted molar refractivity (Wildman–Crippen MR) is 141 cm³/mol. The molecule has 2 fully saturated rings. The molecule has 0 aliphatic heterocycles. The van der Waals surface area contributed by atoms with Crippen molar-refractivity contribution in [1.82, 2.24) is 0 Å². The maximum Gasteiger partial charge on any atom is 0.409 e. The van der Waals surface area contributed by atoms with E-state index in [9.17, 15) is 22.0 Å². The summed E-state index contributed by atoms with van der Waals surface area (Å²) in [7, 11) is 0. The van der Waals surface area contributed by atoms with Crippen LogP contribution in [-0.4, -0.2) is 6.18 Å². The fourth-order valence-corrected chi connectivity index (χ4v) is 6.59. The number of rotatable bonds is 8. The normalized spacial score (nSPS) is 25.0. The fourth-order valence-electron chi connectivity index (χ4n) is 6.59. The van der Waals surface area contributed by atoms with E-state index >= 15 is 0 Å². The maximum atomic E-state index is 14.4. The molecular weight excluding hydrogens is 479 g/mol. The standard InChI is InChI=1S/C32H39F5/c1-2-3-4-5-22-6-8-23(9-7-22)24-10-12-25(13-11-24)26-14-16-27(17-15-26)28-20-30(33)29(31(34)21-28)18-19-32(35,36)37/h14-25H,2-13H2,1H3/b19-18+. The summed E-state index contributed by atoms with van der Waals surface area (Å²) in [5.74, 6) is 1.19. The first-order chi connectivity index (χ1) is 17.7. The van der Waals surface area contributed by atoms with Gasteiger partial charge < -0.3 is 0 Å². The Balaban J connectivity index is 1.31. The minimum atomic E-state index is -4.63. The molecule has 0 bridgehead atoms. The second kappa shape index (κ2) is 12.6. The lowest BCUT2D eigenvalue weighted by Gasteiger charge is -2.38. The van der Waals surface area contributed by atoms with Crippen molar-refractivity contribution in [1.29, 1.82) is 0 Å². The highest BCUT2D eigenvalue weighted by molar-refractivity contribution is 5.67. The molecule has 5 heteroatoms. The Hall–Kier alpha value is -2.17. The summed E-state index contributed by atoms with van der Waals surface area (Å²) in [6.45, 7) is 2.27. The van der Waals surface area contributed by atoms with Crippen LogP contribution in [0.25, 0.3) is 17.2 Å². The van der Waals surface area contributed by atoms with Crippen molar-refractivity contribution in [2.75, 3.05) is 0 Å². The van der Waals surface area contributed by atoms with E-state index in [0.717, 1.165) is 29.9 Å². The van der Waals surface area contributed by atoms with Crippen molar-refractivity contribution in [2.24, 2.45) is 17.8 Å². The van der Waals surface area contributed by atoms with E-state index in [0.29, 0.717) is 23.1 Å². The molecule has 2 aliphatic rings. The van der Waals surface area contributed by atoms with Gasteiger partial charge in [0.15, 0.2) is 0 Å². The average Bonchev–Trinajstić information content (AvgIpc) is 2.88. The van der Waals surface area contributed by atoms with E-state index in [4.69, 9.17) is 0 Å². The molecule has 0 aromatic heterocycles. The number of hydrogen-bond donors (Lipinski definition) is 0. The van der Waals surface area contributed by atoms with Crippen LogP contribution >= 0.6 is 0 Å². The zero-order chi connectivity index (χ0) is 26.4. The molecule has 2 aliphatic carbocycles. The molecule has 0 N–H and O–H groups in total. The second-order valence-electron chi connectivity index (χ2n) is 11.2. The summed E-state index contributed by atoms with van der Waals surface area (Å²) in [5.41, 5.74) is 1.55. The smallest absolute Gasteiger partial charge is 0.206 e. The van der Waals surface area contributed by atoms with Gasteiger partial charge in [-0.1, -0.05) is 69.7 Å². The van der Waals surface area contributed by atoms with E-state index in [-0.39, 0.29) is 6.08 Å². The van der Waals surface area contributed by atoms with Crippen LogP contribution in [0.3, 0.4) is 0 Å². The molecule has 0 amide bonds. The number of unbranched alkanes of at least 4 members (excludes halogenated alkanes) is 2. The molecule has 37 heavy (non-hydrogen) atoms. The van der Waals surface area contributed by atoms with Crippen molar-refractivity contribution in [3.8, 4) is 11.1 Å². The van der Waals surface area contributed by atoms with Gasteiger partial charge in [-0.05, 0) is 97.1 Å². The molecule has 0 heterocycles. The van der Waals surface area contributed by atoms with Gasteiger partial charge >= 0.3 is 6.18 Å². The average molecular weight is 519 g/mol. The minimum absolute atomic E-state index is 0.155. The van der Waals surface area contributed by atoms with E-state index in [2.05, 4.69) is 6.92 Å². The predicted octanol–water partition coefficient (Wildman–Crippen LogP) is 10.9. The first kappa shape index (κ1) is 27.9. The summed E-state index contributed by atoms with van der Waals surface area (Å²) >= 11 is 0. The number of alkyl halides is 3. The summed E-state index contributed by atoms with van der Waals surface area (Å²) in [6.07, 6.45) is 11.7. The summed E-state index contributed by atoms with van der Waals surface area (Å²) in [4.78, 5) is 0. The first-order valence-corrected chi connectivity index (χ1v) is 14.1. The van der Waals surface area contributed by atoms with Gasteiger partial charge in [0, 0.05) is 11.6 Å². The third kappa shape index (κ3) is 7.67. The Labute approximate surface area is 218 Å². The molecule has 2 saturated carbocycles. The minimum Gasteiger partial charge on any atom is -0.206 e. The van der Waals surface area contributed by atoms with E-state index in [1.807, 2.05) is 24.3 Å². The van der Waals surface area contributed by atoms with Crippen LogP contribution in [0.5, 0.6) is 0 Å². The van der Waals surface area contributed by atoms with Gasteiger partial charge in [0.25, 0.3) is 0 Å². The number of benzene rings is 2. The van der Waals surface area contributed by atoms with Crippen LogP contribution in [-0.2, 0) is 0 Å². The van der Waals surface area contributed by atoms with E-state index in [1.54, 1.807) is 0 Å². The van der Waals surface area contributed by atoms with Gasteiger partial charge in [0.1, 0.15) is 11.6 Å². The molecule has 0 spiro atoms. The lowest BCUT2D eigenvalue weighted by Crippen LogP contribution is -2.25. The van der Waals surface area contributed by atoms with Gasteiger partial charge in [0.2, 0.25) is 0 Å². The fraction of sp³-hybridized carbons (Fsp3) is 0.562. The summed E-state index contributed by atoms with van der Waals surface area (Å²) in [5, 5.41) is 0. The molecule has 0 atom stereocenters. The first-order valence-electron chi connectivity index (χ1n) is 14.1. The Kier molecular flexibility index (Phi) is 9.47. The molecule has 0 saturated heterocycles. The third-order valence-electron chi connectivity index (χ3n) is 8.78. The van der Waals surface area contributed by atoms with Gasteiger partial charge in [-0.15, -0.1) is 0 Å². The number of halogens is 5. The highest BCUT2D eigenvalue weighted by Crippen LogP contribution is 2.44. The van der Waals surface area contributed by atoms with Crippen LogP contribution in [0.4, 0.5) is 22.0 Å². The molecule has 202 valence electrons. The lowest BCUT2D eigenvalue weighted by molar-refractivity contribution is -0.0790. The Bertz CT molecular complexity index is 997. The third-order valence-corrected chi connectivity index (χ3v) is 8.78. The Morgan fingerprint density at radius 3 is 1.86 bits per heavy atom.